The first-order valence-corrected chi connectivity index (χ1v) is 6.98. The van der Waals surface area contributed by atoms with Crippen LogP contribution in [0.5, 0.6) is 5.75 Å². The van der Waals surface area contributed by atoms with Crippen molar-refractivity contribution in [3.63, 3.8) is 0 Å². The van der Waals surface area contributed by atoms with Crippen LogP contribution in [-0.4, -0.2) is 18.1 Å². The second-order valence-corrected chi connectivity index (χ2v) is 5.57. The lowest BCUT2D eigenvalue weighted by Crippen LogP contribution is -2.44. The minimum absolute atomic E-state index is 0.0899. The van der Waals surface area contributed by atoms with Crippen LogP contribution in [0.3, 0.4) is 0 Å². The number of amides is 1. The molecule has 4 nitrogen and oxygen atoms in total. The van der Waals surface area contributed by atoms with Crippen molar-refractivity contribution in [3.8, 4) is 5.75 Å². The Bertz CT molecular complexity index is 687. The average molecular weight is 333 g/mol. The van der Waals surface area contributed by atoms with Gasteiger partial charge >= 0.3 is 0 Å². The summed E-state index contributed by atoms with van der Waals surface area (Å²) in [5, 5.41) is 12.5. The van der Waals surface area contributed by atoms with E-state index < -0.39 is 0 Å². The number of fused-ring (bicyclic) bond motifs is 1. The van der Waals surface area contributed by atoms with E-state index in [1.165, 1.54) is 0 Å². The van der Waals surface area contributed by atoms with E-state index in [1.54, 1.807) is 12.1 Å². The van der Waals surface area contributed by atoms with Gasteiger partial charge in [0.1, 0.15) is 11.9 Å². The van der Waals surface area contributed by atoms with E-state index in [-0.39, 0.29) is 17.8 Å². The average Bonchev–Trinajstić information content (AvgIpc) is 2.46. The zero-order chi connectivity index (χ0) is 14.3. The second-order valence-electron chi connectivity index (χ2n) is 4.71. The number of hydrogen-bond donors (Lipinski definition) is 2. The standard InChI is InChI=1S/C15H13BrN2O2/c1-18-12-5-3-2-4-10(12)15(20)17-14(18)9-6-7-13(19)11(16)8-9/h2-8,14,19H,1H3,(H,17,20)/t14-/m1/s1. The molecule has 1 amide bonds. The zero-order valence-corrected chi connectivity index (χ0v) is 12.4. The SMILES string of the molecule is CN1c2ccccc2C(=O)N[C@H]1c1ccc(O)c(Br)c1. The third-order valence-corrected chi connectivity index (χ3v) is 4.11. The molecule has 1 aliphatic heterocycles. The Hall–Kier alpha value is -2.01. The summed E-state index contributed by atoms with van der Waals surface area (Å²) in [4.78, 5) is 14.2. The zero-order valence-electron chi connectivity index (χ0n) is 10.8. The molecule has 0 saturated carbocycles. The maximum atomic E-state index is 12.2. The number of nitrogens with one attached hydrogen (secondary N) is 1. The van der Waals surface area contributed by atoms with E-state index in [4.69, 9.17) is 0 Å². The molecule has 1 heterocycles. The fourth-order valence-corrected chi connectivity index (χ4v) is 2.81. The first-order chi connectivity index (χ1) is 9.58. The quantitative estimate of drug-likeness (QED) is 0.843. The number of carbonyl (C=O) groups excluding carboxylic acids is 1. The number of hydrogen-bond acceptors (Lipinski definition) is 3. The number of nitrogens with zero attached hydrogens (tertiary/aromatic N) is 1. The lowest BCUT2D eigenvalue weighted by Gasteiger charge is -2.36. The number of carbonyl (C=O) groups is 1. The summed E-state index contributed by atoms with van der Waals surface area (Å²) in [7, 11) is 1.93. The fraction of sp³-hybridized carbons (Fsp3) is 0.133. The van der Waals surface area contributed by atoms with Gasteiger partial charge in [0.15, 0.2) is 0 Å². The molecule has 1 atom stereocenters. The molecule has 0 bridgehead atoms. The third kappa shape index (κ3) is 2.04. The minimum Gasteiger partial charge on any atom is -0.507 e. The predicted octanol–water partition coefficient (Wildman–Crippen LogP) is 3.03. The van der Waals surface area contributed by atoms with Crippen molar-refractivity contribution in [2.24, 2.45) is 0 Å². The number of phenols is 1. The first kappa shape index (κ1) is 13.0. The van der Waals surface area contributed by atoms with Crippen molar-refractivity contribution in [2.45, 2.75) is 6.17 Å². The number of aromatic hydroxyl groups is 1. The Morgan fingerprint density at radius 1 is 1.25 bits per heavy atom. The molecule has 2 aromatic carbocycles. The van der Waals surface area contributed by atoms with E-state index in [1.807, 2.05) is 42.3 Å². The van der Waals surface area contributed by atoms with Crippen LogP contribution in [0.2, 0.25) is 0 Å². The third-order valence-electron chi connectivity index (χ3n) is 3.47. The topological polar surface area (TPSA) is 52.6 Å². The highest BCUT2D eigenvalue weighted by molar-refractivity contribution is 9.10. The summed E-state index contributed by atoms with van der Waals surface area (Å²) in [6.07, 6.45) is -0.255. The number of benzene rings is 2. The highest BCUT2D eigenvalue weighted by Gasteiger charge is 2.29. The molecule has 0 unspecified atom stereocenters. The van der Waals surface area contributed by atoms with Crippen molar-refractivity contribution >= 4 is 27.5 Å². The molecule has 0 aliphatic carbocycles. The maximum Gasteiger partial charge on any atom is 0.255 e. The van der Waals surface area contributed by atoms with Gasteiger partial charge < -0.3 is 15.3 Å². The van der Waals surface area contributed by atoms with Gasteiger partial charge in [0.25, 0.3) is 5.91 Å². The molecule has 0 aromatic heterocycles. The van der Waals surface area contributed by atoms with Gasteiger partial charge in [-0.2, -0.15) is 0 Å². The summed E-state index contributed by atoms with van der Waals surface area (Å²) in [5.41, 5.74) is 2.47. The summed E-state index contributed by atoms with van der Waals surface area (Å²) in [6.45, 7) is 0. The molecule has 3 rings (SSSR count). The van der Waals surface area contributed by atoms with Crippen molar-refractivity contribution < 1.29 is 9.90 Å². The highest BCUT2D eigenvalue weighted by Crippen LogP contribution is 2.34. The van der Waals surface area contributed by atoms with Crippen LogP contribution in [0.4, 0.5) is 5.69 Å². The van der Waals surface area contributed by atoms with Crippen LogP contribution < -0.4 is 10.2 Å². The second kappa shape index (κ2) is 4.83. The maximum absolute atomic E-state index is 12.2. The van der Waals surface area contributed by atoms with Gasteiger partial charge in [-0.05, 0) is 45.8 Å². The van der Waals surface area contributed by atoms with E-state index in [2.05, 4.69) is 21.2 Å². The summed E-state index contributed by atoms with van der Waals surface area (Å²) in [5.74, 6) is 0.0897. The van der Waals surface area contributed by atoms with Crippen molar-refractivity contribution in [1.29, 1.82) is 0 Å². The Balaban J connectivity index is 2.04. The Morgan fingerprint density at radius 3 is 2.75 bits per heavy atom. The molecule has 0 fully saturated rings. The van der Waals surface area contributed by atoms with Gasteiger partial charge in [0.2, 0.25) is 0 Å². The molecule has 102 valence electrons. The van der Waals surface area contributed by atoms with Crippen molar-refractivity contribution in [1.82, 2.24) is 5.32 Å². The summed E-state index contributed by atoms with van der Waals surface area (Å²) in [6, 6.07) is 12.7. The molecule has 2 N–H and O–H groups in total. The molecular formula is C15H13BrN2O2. The lowest BCUT2D eigenvalue weighted by atomic mass is 10.0. The lowest BCUT2D eigenvalue weighted by molar-refractivity contribution is 0.0928. The molecular weight excluding hydrogens is 320 g/mol. The van der Waals surface area contributed by atoms with Gasteiger partial charge in [-0.3, -0.25) is 4.79 Å². The fourth-order valence-electron chi connectivity index (χ4n) is 2.41. The largest absolute Gasteiger partial charge is 0.507 e. The van der Waals surface area contributed by atoms with Gasteiger partial charge in [0.05, 0.1) is 15.7 Å². The van der Waals surface area contributed by atoms with Crippen LogP contribution in [0, 0.1) is 0 Å². The number of rotatable bonds is 1. The number of halogens is 1. The normalized spacial score (nSPS) is 17.6. The molecule has 20 heavy (non-hydrogen) atoms. The number of phenolic OH excluding ortho intramolecular Hbond substituents is 1. The van der Waals surface area contributed by atoms with Crippen LogP contribution in [0.25, 0.3) is 0 Å². The van der Waals surface area contributed by atoms with Gasteiger partial charge in [0, 0.05) is 7.05 Å². The van der Waals surface area contributed by atoms with E-state index >= 15 is 0 Å². The molecule has 1 aliphatic rings. The highest BCUT2D eigenvalue weighted by atomic mass is 79.9. The van der Waals surface area contributed by atoms with Crippen LogP contribution in [0.15, 0.2) is 46.9 Å². The monoisotopic (exact) mass is 332 g/mol. The molecule has 0 radical (unpaired) electrons. The Labute approximate surface area is 125 Å². The predicted molar refractivity (Wildman–Crippen MR) is 80.9 cm³/mol. The van der Waals surface area contributed by atoms with E-state index in [0.717, 1.165) is 11.3 Å². The minimum atomic E-state index is -0.255. The molecule has 0 saturated heterocycles. The van der Waals surface area contributed by atoms with Crippen LogP contribution in [-0.2, 0) is 0 Å². The van der Waals surface area contributed by atoms with Gasteiger partial charge in [-0.1, -0.05) is 18.2 Å². The summed E-state index contributed by atoms with van der Waals surface area (Å²) < 4.78 is 0.608. The van der Waals surface area contributed by atoms with E-state index in [9.17, 15) is 9.90 Å². The van der Waals surface area contributed by atoms with Crippen molar-refractivity contribution in [3.05, 3.63) is 58.1 Å². The molecule has 5 heteroatoms. The smallest absolute Gasteiger partial charge is 0.255 e. The number of anilines is 1. The number of para-hydroxylation sites is 1. The first-order valence-electron chi connectivity index (χ1n) is 6.19. The van der Waals surface area contributed by atoms with Crippen LogP contribution in [0.1, 0.15) is 22.1 Å². The van der Waals surface area contributed by atoms with Crippen molar-refractivity contribution in [2.75, 3.05) is 11.9 Å². The Kier molecular flexibility index (Phi) is 3.14. The van der Waals surface area contributed by atoms with E-state index in [0.29, 0.717) is 10.0 Å². The van der Waals surface area contributed by atoms with Gasteiger partial charge in [-0.15, -0.1) is 0 Å². The Morgan fingerprint density at radius 2 is 2.00 bits per heavy atom. The molecule has 2 aromatic rings. The van der Waals surface area contributed by atoms with Gasteiger partial charge in [-0.25, -0.2) is 0 Å². The van der Waals surface area contributed by atoms with Crippen LogP contribution >= 0.6 is 15.9 Å². The summed E-state index contributed by atoms with van der Waals surface area (Å²) >= 11 is 3.30. The molecule has 0 spiro atoms.